The third kappa shape index (κ3) is 8.11. The number of nitrogens with one attached hydrogen (secondary N) is 1. The van der Waals surface area contributed by atoms with Gasteiger partial charge in [0.05, 0.1) is 5.02 Å². The first kappa shape index (κ1) is 26.2. The third-order valence-corrected chi connectivity index (χ3v) is 5.54. The van der Waals surface area contributed by atoms with Gasteiger partial charge in [0.15, 0.2) is 6.61 Å². The molecular weight excluding hydrogens is 467 g/mol. The lowest BCUT2D eigenvalue weighted by atomic mass is 10.0. The van der Waals surface area contributed by atoms with E-state index in [1.807, 2.05) is 51.1 Å². The van der Waals surface area contributed by atoms with Gasteiger partial charge in [0.1, 0.15) is 17.6 Å². The Morgan fingerprint density at radius 1 is 0.943 bits per heavy atom. The van der Waals surface area contributed by atoms with Crippen LogP contribution in [0.1, 0.15) is 31.9 Å². The van der Waals surface area contributed by atoms with Gasteiger partial charge in [0.2, 0.25) is 5.91 Å². The van der Waals surface area contributed by atoms with Crippen LogP contribution in [-0.4, -0.2) is 34.9 Å². The fourth-order valence-electron chi connectivity index (χ4n) is 3.58. The zero-order valence-corrected chi connectivity index (χ0v) is 20.9. The highest BCUT2D eigenvalue weighted by Crippen LogP contribution is 2.23. The first-order valence-electron chi connectivity index (χ1n) is 11.4. The first-order valence-corrected chi connectivity index (χ1v) is 11.8. The molecule has 0 spiro atoms. The van der Waals surface area contributed by atoms with Gasteiger partial charge in [-0.15, -0.1) is 0 Å². The highest BCUT2D eigenvalue weighted by Gasteiger charge is 2.32. The molecule has 0 fully saturated rings. The van der Waals surface area contributed by atoms with Gasteiger partial charge in [0, 0.05) is 18.5 Å². The Morgan fingerprint density at radius 3 is 2.20 bits per heavy atom. The lowest BCUT2D eigenvalue weighted by Crippen LogP contribution is -2.55. The molecule has 0 unspecified atom stereocenters. The summed E-state index contributed by atoms with van der Waals surface area (Å²) < 4.78 is 19.2. The van der Waals surface area contributed by atoms with Gasteiger partial charge in [-0.3, -0.25) is 9.59 Å². The summed E-state index contributed by atoms with van der Waals surface area (Å²) in [4.78, 5) is 28.4. The summed E-state index contributed by atoms with van der Waals surface area (Å²) in [5.41, 5.74) is 1.11. The number of carbonyl (C=O) groups is 2. The summed E-state index contributed by atoms with van der Waals surface area (Å²) in [7, 11) is 0. The SMILES string of the molecule is CC(C)(C)NC(=O)[C@@H](Cc1ccccc1)N(Cc1ccc(F)cc1)C(=O)COc1ccccc1Cl. The minimum atomic E-state index is -0.816. The van der Waals surface area contributed by atoms with Gasteiger partial charge in [0.25, 0.3) is 5.91 Å². The van der Waals surface area contributed by atoms with Gasteiger partial charge >= 0.3 is 0 Å². The van der Waals surface area contributed by atoms with E-state index in [9.17, 15) is 14.0 Å². The van der Waals surface area contributed by atoms with Crippen molar-refractivity contribution >= 4 is 23.4 Å². The Bertz CT molecular complexity index is 1130. The highest BCUT2D eigenvalue weighted by molar-refractivity contribution is 6.32. The maximum Gasteiger partial charge on any atom is 0.261 e. The van der Waals surface area contributed by atoms with Gasteiger partial charge in [-0.1, -0.05) is 66.2 Å². The van der Waals surface area contributed by atoms with Crippen molar-refractivity contribution < 1.29 is 18.7 Å². The van der Waals surface area contributed by atoms with Gasteiger partial charge < -0.3 is 15.0 Å². The fourth-order valence-corrected chi connectivity index (χ4v) is 3.77. The van der Waals surface area contributed by atoms with Crippen LogP contribution in [0, 0.1) is 5.82 Å². The van der Waals surface area contributed by atoms with Crippen LogP contribution in [0.4, 0.5) is 4.39 Å². The number of para-hydroxylation sites is 1. The summed E-state index contributed by atoms with van der Waals surface area (Å²) in [5, 5.41) is 3.38. The lowest BCUT2D eigenvalue weighted by Gasteiger charge is -2.33. The number of benzene rings is 3. The van der Waals surface area contributed by atoms with E-state index < -0.39 is 11.6 Å². The zero-order chi connectivity index (χ0) is 25.4. The largest absolute Gasteiger partial charge is 0.482 e. The highest BCUT2D eigenvalue weighted by atomic mass is 35.5. The number of halogens is 2. The van der Waals surface area contributed by atoms with Crippen molar-refractivity contribution in [2.45, 2.75) is 45.3 Å². The Hall–Kier alpha value is -3.38. The van der Waals surface area contributed by atoms with Crippen LogP contribution in [-0.2, 0) is 22.6 Å². The molecule has 5 nitrogen and oxygen atoms in total. The monoisotopic (exact) mass is 496 g/mol. The summed E-state index contributed by atoms with van der Waals surface area (Å²) >= 11 is 6.18. The van der Waals surface area contributed by atoms with E-state index in [4.69, 9.17) is 16.3 Å². The van der Waals surface area contributed by atoms with E-state index in [0.29, 0.717) is 22.8 Å². The first-order chi connectivity index (χ1) is 16.6. The van der Waals surface area contributed by atoms with Crippen LogP contribution in [0.2, 0.25) is 5.02 Å². The average Bonchev–Trinajstić information content (AvgIpc) is 2.81. The maximum absolute atomic E-state index is 13.5. The molecule has 0 saturated heterocycles. The van der Waals surface area contributed by atoms with Crippen LogP contribution in [0.15, 0.2) is 78.9 Å². The van der Waals surface area contributed by atoms with Crippen molar-refractivity contribution in [3.05, 3.63) is 101 Å². The molecule has 0 aliphatic heterocycles. The standard InChI is InChI=1S/C28H30ClFN2O3/c1-28(2,3)31-27(34)24(17-20-9-5-4-6-10-20)32(18-21-13-15-22(30)16-14-21)26(33)19-35-25-12-8-7-11-23(25)29/h4-16,24H,17-19H2,1-3H3,(H,31,34)/t24-/m1/s1. The number of rotatable bonds is 9. The molecule has 2 amide bonds. The molecule has 3 aromatic rings. The summed E-state index contributed by atoms with van der Waals surface area (Å²) in [6.45, 7) is 5.46. The van der Waals surface area contributed by atoms with Crippen LogP contribution >= 0.6 is 11.6 Å². The molecule has 0 bridgehead atoms. The van der Waals surface area contributed by atoms with Crippen molar-refractivity contribution in [2.75, 3.05) is 6.61 Å². The van der Waals surface area contributed by atoms with Crippen molar-refractivity contribution in [2.24, 2.45) is 0 Å². The second kappa shape index (κ2) is 11.8. The molecule has 1 N–H and O–H groups in total. The Labute approximate surface area is 210 Å². The summed E-state index contributed by atoms with van der Waals surface area (Å²) in [6, 6.07) is 21.4. The van der Waals surface area contributed by atoms with Crippen LogP contribution in [0.3, 0.4) is 0 Å². The summed E-state index contributed by atoms with van der Waals surface area (Å²) in [5.74, 6) is -0.670. The van der Waals surface area contributed by atoms with Crippen LogP contribution in [0.5, 0.6) is 5.75 Å². The summed E-state index contributed by atoms with van der Waals surface area (Å²) in [6.07, 6.45) is 0.307. The van der Waals surface area contributed by atoms with Crippen LogP contribution < -0.4 is 10.1 Å². The van der Waals surface area contributed by atoms with E-state index in [1.54, 1.807) is 36.4 Å². The minimum Gasteiger partial charge on any atom is -0.482 e. The lowest BCUT2D eigenvalue weighted by molar-refractivity contribution is -0.143. The predicted molar refractivity (Wildman–Crippen MR) is 136 cm³/mol. The van der Waals surface area contributed by atoms with Crippen molar-refractivity contribution in [1.82, 2.24) is 10.2 Å². The van der Waals surface area contributed by atoms with Gasteiger partial charge in [-0.05, 0) is 56.2 Å². The topological polar surface area (TPSA) is 58.6 Å². The average molecular weight is 497 g/mol. The smallest absolute Gasteiger partial charge is 0.261 e. The van der Waals surface area contributed by atoms with E-state index in [-0.39, 0.29) is 30.8 Å². The Morgan fingerprint density at radius 2 is 1.57 bits per heavy atom. The molecule has 1 atom stereocenters. The van der Waals surface area contributed by atoms with E-state index >= 15 is 0 Å². The number of amides is 2. The van der Waals surface area contributed by atoms with Gasteiger partial charge in [-0.2, -0.15) is 0 Å². The molecule has 3 rings (SSSR count). The number of hydrogen-bond donors (Lipinski definition) is 1. The molecular formula is C28H30ClFN2O3. The van der Waals surface area contributed by atoms with E-state index in [0.717, 1.165) is 5.56 Å². The normalized spacial score (nSPS) is 12.0. The minimum absolute atomic E-state index is 0.111. The molecule has 184 valence electrons. The predicted octanol–water partition coefficient (Wildman–Crippen LogP) is 5.41. The number of ether oxygens (including phenoxy) is 1. The Kier molecular flexibility index (Phi) is 8.88. The maximum atomic E-state index is 13.5. The molecule has 0 aliphatic carbocycles. The second-order valence-electron chi connectivity index (χ2n) is 9.31. The quantitative estimate of drug-likeness (QED) is 0.430. The zero-order valence-electron chi connectivity index (χ0n) is 20.1. The van der Waals surface area contributed by atoms with Gasteiger partial charge in [-0.25, -0.2) is 4.39 Å². The number of nitrogens with zero attached hydrogens (tertiary/aromatic N) is 1. The van der Waals surface area contributed by atoms with E-state index in [2.05, 4.69) is 5.32 Å². The molecule has 0 saturated carbocycles. The van der Waals surface area contributed by atoms with Crippen molar-refractivity contribution in [1.29, 1.82) is 0 Å². The number of carbonyl (C=O) groups excluding carboxylic acids is 2. The fraction of sp³-hybridized carbons (Fsp3) is 0.286. The third-order valence-electron chi connectivity index (χ3n) is 5.22. The molecule has 3 aromatic carbocycles. The molecule has 0 aliphatic rings. The molecule has 0 aromatic heterocycles. The molecule has 35 heavy (non-hydrogen) atoms. The molecule has 0 radical (unpaired) electrons. The molecule has 7 heteroatoms. The Balaban J connectivity index is 1.93. The van der Waals surface area contributed by atoms with E-state index in [1.165, 1.54) is 17.0 Å². The van der Waals surface area contributed by atoms with Crippen LogP contribution in [0.25, 0.3) is 0 Å². The molecule has 0 heterocycles. The van der Waals surface area contributed by atoms with Crippen molar-refractivity contribution in [3.63, 3.8) is 0 Å². The second-order valence-corrected chi connectivity index (χ2v) is 9.72. The van der Waals surface area contributed by atoms with Crippen molar-refractivity contribution in [3.8, 4) is 5.75 Å². The number of hydrogen-bond acceptors (Lipinski definition) is 3.